The quantitative estimate of drug-likeness (QED) is 0.852. The van der Waals surface area contributed by atoms with Gasteiger partial charge in [-0.1, -0.05) is 31.4 Å². The molecule has 0 amide bonds. The monoisotopic (exact) mass is 236 g/mol. The maximum atomic E-state index is 3.96. The molecule has 0 aromatic carbocycles. The van der Waals surface area contributed by atoms with Gasteiger partial charge in [-0.05, 0) is 25.2 Å². The molecule has 1 aliphatic carbocycles. The summed E-state index contributed by atoms with van der Waals surface area (Å²) in [6.07, 6.45) is 10.1. The zero-order chi connectivity index (χ0) is 12.1. The Labute approximate surface area is 104 Å². The van der Waals surface area contributed by atoms with Crippen molar-refractivity contribution in [1.82, 2.24) is 20.3 Å². The van der Waals surface area contributed by atoms with E-state index in [-0.39, 0.29) is 0 Å². The molecule has 1 aliphatic rings. The SMILES string of the molecule is CCC(NCc1cnnn1C)C1CCCCC1. The van der Waals surface area contributed by atoms with Gasteiger partial charge in [0.05, 0.1) is 11.9 Å². The molecule has 0 radical (unpaired) electrons. The van der Waals surface area contributed by atoms with E-state index in [9.17, 15) is 0 Å². The third kappa shape index (κ3) is 3.28. The minimum absolute atomic E-state index is 0.658. The van der Waals surface area contributed by atoms with Gasteiger partial charge in [0.15, 0.2) is 0 Å². The fourth-order valence-corrected chi connectivity index (χ4v) is 2.89. The van der Waals surface area contributed by atoms with E-state index < -0.39 is 0 Å². The van der Waals surface area contributed by atoms with Gasteiger partial charge < -0.3 is 5.32 Å². The number of rotatable bonds is 5. The second-order valence-electron chi connectivity index (χ2n) is 5.14. The molecule has 1 unspecified atom stereocenters. The van der Waals surface area contributed by atoms with Crippen LogP contribution in [0, 0.1) is 5.92 Å². The summed E-state index contributed by atoms with van der Waals surface area (Å²) in [5.41, 5.74) is 1.17. The van der Waals surface area contributed by atoms with Crippen molar-refractivity contribution in [2.75, 3.05) is 0 Å². The predicted octanol–water partition coefficient (Wildman–Crippen LogP) is 2.26. The fraction of sp³-hybridized carbons (Fsp3) is 0.846. The van der Waals surface area contributed by atoms with Gasteiger partial charge in [-0.15, -0.1) is 5.10 Å². The molecule has 96 valence electrons. The summed E-state index contributed by atoms with van der Waals surface area (Å²) in [5.74, 6) is 0.870. The van der Waals surface area contributed by atoms with Crippen molar-refractivity contribution in [1.29, 1.82) is 0 Å². The Kier molecular flexibility index (Phi) is 4.54. The van der Waals surface area contributed by atoms with Crippen LogP contribution >= 0.6 is 0 Å². The number of hydrogen-bond acceptors (Lipinski definition) is 3. The molecular formula is C13H24N4. The smallest absolute Gasteiger partial charge is 0.0738 e. The molecule has 1 saturated carbocycles. The topological polar surface area (TPSA) is 42.7 Å². The summed E-state index contributed by atoms with van der Waals surface area (Å²) in [6, 6.07) is 0.658. The number of aryl methyl sites for hydroxylation is 1. The first kappa shape index (κ1) is 12.6. The van der Waals surface area contributed by atoms with Gasteiger partial charge in [-0.2, -0.15) is 0 Å². The largest absolute Gasteiger partial charge is 0.308 e. The zero-order valence-corrected chi connectivity index (χ0v) is 11.0. The first-order valence-electron chi connectivity index (χ1n) is 6.88. The lowest BCUT2D eigenvalue weighted by Crippen LogP contribution is -2.36. The summed E-state index contributed by atoms with van der Waals surface area (Å²) in [7, 11) is 1.95. The normalized spacial score (nSPS) is 19.4. The fourth-order valence-electron chi connectivity index (χ4n) is 2.89. The Bertz CT molecular complexity index is 328. The van der Waals surface area contributed by atoms with Crippen molar-refractivity contribution in [3.05, 3.63) is 11.9 Å². The van der Waals surface area contributed by atoms with Crippen LogP contribution in [0.25, 0.3) is 0 Å². The molecule has 1 N–H and O–H groups in total. The highest BCUT2D eigenvalue weighted by molar-refractivity contribution is 4.93. The highest BCUT2D eigenvalue weighted by Gasteiger charge is 2.21. The maximum Gasteiger partial charge on any atom is 0.0738 e. The number of nitrogens with one attached hydrogen (secondary N) is 1. The zero-order valence-electron chi connectivity index (χ0n) is 11.0. The second-order valence-corrected chi connectivity index (χ2v) is 5.14. The lowest BCUT2D eigenvalue weighted by Gasteiger charge is -2.30. The van der Waals surface area contributed by atoms with Gasteiger partial charge in [0.25, 0.3) is 0 Å². The first-order chi connectivity index (χ1) is 8.31. The minimum atomic E-state index is 0.658. The third-order valence-electron chi connectivity index (χ3n) is 4.01. The van der Waals surface area contributed by atoms with Crippen molar-refractivity contribution in [3.8, 4) is 0 Å². The van der Waals surface area contributed by atoms with Gasteiger partial charge in [0, 0.05) is 19.6 Å². The highest BCUT2D eigenvalue weighted by atomic mass is 15.4. The van der Waals surface area contributed by atoms with Crippen LogP contribution in [0.1, 0.15) is 51.1 Å². The van der Waals surface area contributed by atoms with Crippen LogP contribution in [0.15, 0.2) is 6.20 Å². The molecule has 0 spiro atoms. The minimum Gasteiger partial charge on any atom is -0.308 e. The Balaban J connectivity index is 1.84. The van der Waals surface area contributed by atoms with Crippen molar-refractivity contribution >= 4 is 0 Å². The standard InChI is InChI=1S/C13H24N4/c1-3-13(11-7-5-4-6-8-11)14-9-12-10-15-16-17(12)2/h10-11,13-14H,3-9H2,1-2H3. The molecule has 2 rings (SSSR count). The number of nitrogens with zero attached hydrogens (tertiary/aromatic N) is 3. The number of hydrogen-bond donors (Lipinski definition) is 1. The van der Waals surface area contributed by atoms with Crippen molar-refractivity contribution in [2.45, 2.75) is 58.0 Å². The van der Waals surface area contributed by atoms with Crippen LogP contribution in [0.5, 0.6) is 0 Å². The Morgan fingerprint density at radius 1 is 1.41 bits per heavy atom. The van der Waals surface area contributed by atoms with E-state index in [1.165, 1.54) is 44.2 Å². The van der Waals surface area contributed by atoms with Gasteiger partial charge in [-0.3, -0.25) is 4.68 Å². The second kappa shape index (κ2) is 6.15. The molecule has 1 atom stereocenters. The average molecular weight is 236 g/mol. The van der Waals surface area contributed by atoms with Gasteiger partial charge in [-0.25, -0.2) is 0 Å². The van der Waals surface area contributed by atoms with Crippen LogP contribution < -0.4 is 5.32 Å². The van der Waals surface area contributed by atoms with E-state index in [0.29, 0.717) is 6.04 Å². The lowest BCUT2D eigenvalue weighted by atomic mass is 9.83. The number of aromatic nitrogens is 3. The lowest BCUT2D eigenvalue weighted by molar-refractivity contribution is 0.260. The van der Waals surface area contributed by atoms with Gasteiger partial charge in [0.1, 0.15) is 0 Å². The Morgan fingerprint density at radius 3 is 2.76 bits per heavy atom. The first-order valence-corrected chi connectivity index (χ1v) is 6.88. The van der Waals surface area contributed by atoms with E-state index >= 15 is 0 Å². The van der Waals surface area contributed by atoms with Crippen LogP contribution in [0.4, 0.5) is 0 Å². The maximum absolute atomic E-state index is 3.96. The van der Waals surface area contributed by atoms with Crippen LogP contribution in [-0.2, 0) is 13.6 Å². The van der Waals surface area contributed by atoms with E-state index in [1.54, 1.807) is 0 Å². The van der Waals surface area contributed by atoms with Gasteiger partial charge >= 0.3 is 0 Å². The molecule has 1 aromatic heterocycles. The molecule has 1 heterocycles. The summed E-state index contributed by atoms with van der Waals surface area (Å²) in [4.78, 5) is 0. The van der Waals surface area contributed by atoms with E-state index in [2.05, 4.69) is 22.6 Å². The molecule has 1 fully saturated rings. The summed E-state index contributed by atoms with van der Waals surface area (Å²) >= 11 is 0. The van der Waals surface area contributed by atoms with Crippen LogP contribution in [0.2, 0.25) is 0 Å². The molecule has 0 bridgehead atoms. The van der Waals surface area contributed by atoms with Crippen LogP contribution in [0.3, 0.4) is 0 Å². The van der Waals surface area contributed by atoms with E-state index in [4.69, 9.17) is 0 Å². The summed E-state index contributed by atoms with van der Waals surface area (Å²) in [5, 5.41) is 11.6. The van der Waals surface area contributed by atoms with Crippen molar-refractivity contribution in [2.24, 2.45) is 13.0 Å². The molecule has 0 aliphatic heterocycles. The van der Waals surface area contributed by atoms with Crippen LogP contribution in [-0.4, -0.2) is 21.0 Å². The van der Waals surface area contributed by atoms with Gasteiger partial charge in [0.2, 0.25) is 0 Å². The molecule has 17 heavy (non-hydrogen) atoms. The van der Waals surface area contributed by atoms with Crippen molar-refractivity contribution < 1.29 is 0 Å². The predicted molar refractivity (Wildman–Crippen MR) is 68.5 cm³/mol. The summed E-state index contributed by atoms with van der Waals surface area (Å²) < 4.78 is 1.85. The molecule has 0 saturated heterocycles. The van der Waals surface area contributed by atoms with E-state index in [0.717, 1.165) is 12.5 Å². The molecule has 4 nitrogen and oxygen atoms in total. The van der Waals surface area contributed by atoms with Crippen molar-refractivity contribution in [3.63, 3.8) is 0 Å². The molecule has 1 aromatic rings. The molecular weight excluding hydrogens is 212 g/mol. The van der Waals surface area contributed by atoms with E-state index in [1.807, 2.05) is 17.9 Å². The Hall–Kier alpha value is -0.900. The third-order valence-corrected chi connectivity index (χ3v) is 4.01. The average Bonchev–Trinajstić information content (AvgIpc) is 2.77. The molecule has 4 heteroatoms. The Morgan fingerprint density at radius 2 is 2.18 bits per heavy atom. The summed E-state index contributed by atoms with van der Waals surface area (Å²) in [6.45, 7) is 3.17. The highest BCUT2D eigenvalue weighted by Crippen LogP contribution is 2.27.